The molecule has 1 unspecified atom stereocenters. The first kappa shape index (κ1) is 7.38. The van der Waals surface area contributed by atoms with Gasteiger partial charge in [0.2, 0.25) is 0 Å². The third-order valence-electron chi connectivity index (χ3n) is 1.89. The van der Waals surface area contributed by atoms with Crippen molar-refractivity contribution in [3.05, 3.63) is 0 Å². The number of hydrogen-bond acceptors (Lipinski definition) is 2. The van der Waals surface area contributed by atoms with E-state index in [4.69, 9.17) is 0 Å². The Kier molecular flexibility index (Phi) is 2.14. The van der Waals surface area contributed by atoms with Crippen molar-refractivity contribution in [2.24, 2.45) is 16.0 Å². The van der Waals surface area contributed by atoms with Gasteiger partial charge in [0.05, 0.1) is 0 Å². The minimum absolute atomic E-state index is 0.478. The summed E-state index contributed by atoms with van der Waals surface area (Å²) in [6.07, 6.45) is 1.81. The van der Waals surface area contributed by atoms with Gasteiger partial charge in [-0.15, -0.1) is 4.70 Å². The largest absolute Gasteiger partial charge is 0.303 e. The lowest BCUT2D eigenvalue weighted by atomic mass is 10.1. The molecule has 1 aliphatic rings. The van der Waals surface area contributed by atoms with Crippen molar-refractivity contribution in [2.45, 2.75) is 26.8 Å². The van der Waals surface area contributed by atoms with Crippen LogP contribution in [-0.4, -0.2) is 23.7 Å². The molecular formula is C7H14N3+. The topological polar surface area (TPSA) is 27.7 Å². The molecule has 3 heteroatoms. The minimum Gasteiger partial charge on any atom is -0.135 e. The van der Waals surface area contributed by atoms with E-state index >= 15 is 0 Å². The molecule has 0 fully saturated rings. The highest BCUT2D eigenvalue weighted by Gasteiger charge is 2.18. The first-order valence-corrected chi connectivity index (χ1v) is 3.67. The molecule has 0 aromatic heterocycles. The molecule has 0 aromatic carbocycles. The summed E-state index contributed by atoms with van der Waals surface area (Å²) in [5.41, 5.74) is 0. The molecular weight excluding hydrogens is 126 g/mol. The fourth-order valence-electron chi connectivity index (χ4n) is 0.806. The molecule has 0 saturated carbocycles. The monoisotopic (exact) mass is 140 g/mol. The normalized spacial score (nSPS) is 19.8. The Hall–Kier alpha value is -0.730. The van der Waals surface area contributed by atoms with Gasteiger partial charge in [0.25, 0.3) is 6.67 Å². The molecule has 0 saturated heterocycles. The van der Waals surface area contributed by atoms with Crippen molar-refractivity contribution in [1.29, 1.82) is 0 Å². The Morgan fingerprint density at radius 1 is 1.40 bits per heavy atom. The van der Waals surface area contributed by atoms with E-state index in [9.17, 15) is 0 Å². The summed E-state index contributed by atoms with van der Waals surface area (Å²) >= 11 is 0. The van der Waals surface area contributed by atoms with E-state index in [1.807, 2.05) is 11.0 Å². The molecule has 10 heavy (non-hydrogen) atoms. The van der Waals surface area contributed by atoms with Gasteiger partial charge >= 0.3 is 6.34 Å². The zero-order valence-corrected chi connectivity index (χ0v) is 6.78. The highest BCUT2D eigenvalue weighted by Crippen LogP contribution is 2.06. The van der Waals surface area contributed by atoms with Crippen LogP contribution in [0.5, 0.6) is 0 Å². The molecule has 56 valence electrons. The molecule has 0 radical (unpaired) electrons. The van der Waals surface area contributed by atoms with Gasteiger partial charge in [-0.1, -0.05) is 24.0 Å². The van der Waals surface area contributed by atoms with Crippen LogP contribution in [0.25, 0.3) is 0 Å². The Labute approximate surface area is 61.5 Å². The molecule has 1 heterocycles. The van der Waals surface area contributed by atoms with Gasteiger partial charge < -0.3 is 0 Å². The lowest BCUT2D eigenvalue weighted by Crippen LogP contribution is -2.24. The fourth-order valence-corrected chi connectivity index (χ4v) is 0.806. The van der Waals surface area contributed by atoms with Crippen LogP contribution in [0.15, 0.2) is 10.1 Å². The first-order valence-electron chi connectivity index (χ1n) is 3.67. The second-order valence-electron chi connectivity index (χ2n) is 2.95. The van der Waals surface area contributed by atoms with Gasteiger partial charge in [0.1, 0.15) is 6.04 Å². The van der Waals surface area contributed by atoms with Gasteiger partial charge in [-0.3, -0.25) is 0 Å². The van der Waals surface area contributed by atoms with Crippen molar-refractivity contribution < 1.29 is 4.70 Å². The summed E-state index contributed by atoms with van der Waals surface area (Å²) in [6.45, 7) is 7.14. The van der Waals surface area contributed by atoms with E-state index in [2.05, 4.69) is 30.9 Å². The smallest absolute Gasteiger partial charge is 0.135 e. The summed E-state index contributed by atoms with van der Waals surface area (Å²) < 4.78 is 1.94. The summed E-state index contributed by atoms with van der Waals surface area (Å²) in [5, 5.41) is 4.17. The second kappa shape index (κ2) is 2.90. The Morgan fingerprint density at radius 2 is 2.10 bits per heavy atom. The minimum atomic E-state index is 0.478. The third kappa shape index (κ3) is 1.40. The average Bonchev–Trinajstić information content (AvgIpc) is 2.36. The van der Waals surface area contributed by atoms with Crippen molar-refractivity contribution in [3.63, 3.8) is 0 Å². The highest BCUT2D eigenvalue weighted by atomic mass is 15.4. The number of hydrogen-bond donors (Lipinski definition) is 0. The SMILES string of the molecule is CC(C)C(C)[N+]1=NCN=C1. The van der Waals surface area contributed by atoms with Crippen LogP contribution >= 0.6 is 0 Å². The van der Waals surface area contributed by atoms with Crippen LogP contribution in [0.4, 0.5) is 0 Å². The second-order valence-corrected chi connectivity index (χ2v) is 2.95. The highest BCUT2D eigenvalue weighted by molar-refractivity contribution is 5.44. The number of aliphatic imine (C=N–C) groups is 1. The molecule has 1 atom stereocenters. The van der Waals surface area contributed by atoms with E-state index in [0.29, 0.717) is 18.6 Å². The van der Waals surface area contributed by atoms with E-state index in [0.717, 1.165) is 0 Å². The number of rotatable bonds is 2. The molecule has 3 nitrogen and oxygen atoms in total. The summed E-state index contributed by atoms with van der Waals surface area (Å²) in [4.78, 5) is 4.00. The Morgan fingerprint density at radius 3 is 2.50 bits per heavy atom. The first-order chi connectivity index (χ1) is 4.72. The van der Waals surface area contributed by atoms with E-state index in [-0.39, 0.29) is 0 Å². The molecule has 0 bridgehead atoms. The van der Waals surface area contributed by atoms with Gasteiger partial charge in [0, 0.05) is 0 Å². The maximum Gasteiger partial charge on any atom is 0.303 e. The molecule has 1 aliphatic heterocycles. The summed E-state index contributed by atoms with van der Waals surface area (Å²) in [5.74, 6) is 0.633. The third-order valence-corrected chi connectivity index (χ3v) is 1.89. The summed E-state index contributed by atoms with van der Waals surface area (Å²) in [7, 11) is 0. The van der Waals surface area contributed by atoms with Crippen LogP contribution in [0.3, 0.4) is 0 Å². The molecule has 0 amide bonds. The number of azo groups is 2. The van der Waals surface area contributed by atoms with Crippen molar-refractivity contribution in [2.75, 3.05) is 6.67 Å². The van der Waals surface area contributed by atoms with Crippen molar-refractivity contribution in [1.82, 2.24) is 0 Å². The van der Waals surface area contributed by atoms with Crippen LogP contribution in [-0.2, 0) is 0 Å². The van der Waals surface area contributed by atoms with E-state index in [1.165, 1.54) is 0 Å². The molecule has 1 rings (SSSR count). The summed E-state index contributed by atoms with van der Waals surface area (Å²) in [6, 6.07) is 0.478. The quantitative estimate of drug-likeness (QED) is 0.520. The van der Waals surface area contributed by atoms with E-state index in [1.54, 1.807) is 0 Å². The van der Waals surface area contributed by atoms with Crippen LogP contribution in [0, 0.1) is 5.92 Å². The van der Waals surface area contributed by atoms with Crippen molar-refractivity contribution in [3.8, 4) is 0 Å². The zero-order chi connectivity index (χ0) is 7.56. The molecule has 0 aliphatic carbocycles. The van der Waals surface area contributed by atoms with Crippen LogP contribution in [0.2, 0.25) is 0 Å². The predicted molar refractivity (Wildman–Crippen MR) is 40.3 cm³/mol. The van der Waals surface area contributed by atoms with E-state index < -0.39 is 0 Å². The lowest BCUT2D eigenvalue weighted by molar-refractivity contribution is -0.514. The molecule has 0 N–H and O–H groups in total. The molecule has 0 spiro atoms. The standard InChI is InChI=1S/C7H14N3/c1-6(2)7(3)10-5-8-4-9-10/h5-7H,4H2,1-3H3/q+1. The van der Waals surface area contributed by atoms with Gasteiger partial charge in [-0.2, -0.15) is 0 Å². The van der Waals surface area contributed by atoms with Gasteiger partial charge in [0.15, 0.2) is 0 Å². The maximum absolute atomic E-state index is 4.17. The van der Waals surface area contributed by atoms with Crippen LogP contribution in [0.1, 0.15) is 20.8 Å². The van der Waals surface area contributed by atoms with Gasteiger partial charge in [-0.05, 0) is 12.8 Å². The number of nitrogens with zero attached hydrogens (tertiary/aromatic N) is 3. The van der Waals surface area contributed by atoms with Crippen molar-refractivity contribution >= 4 is 6.34 Å². The maximum atomic E-state index is 4.17. The fraction of sp³-hybridized carbons (Fsp3) is 0.857. The lowest BCUT2D eigenvalue weighted by Gasteiger charge is -2.09. The van der Waals surface area contributed by atoms with Crippen LogP contribution < -0.4 is 0 Å². The van der Waals surface area contributed by atoms with Gasteiger partial charge in [-0.25, -0.2) is 0 Å². The Bertz CT molecular complexity index is 170. The predicted octanol–water partition coefficient (Wildman–Crippen LogP) is 1.50. The Balaban J connectivity index is 2.56. The molecule has 0 aromatic rings. The average molecular weight is 140 g/mol. The zero-order valence-electron chi connectivity index (χ0n) is 6.78.